The summed E-state index contributed by atoms with van der Waals surface area (Å²) in [5.41, 5.74) is 0.353. The first kappa shape index (κ1) is 13.9. The van der Waals surface area contributed by atoms with Crippen LogP contribution in [0, 0.1) is 5.92 Å². The Balaban J connectivity index is 1.91. The van der Waals surface area contributed by atoms with E-state index in [9.17, 15) is 9.59 Å². The Kier molecular flexibility index (Phi) is 4.47. The standard InChI is InChI=1S/C12H18N4O2S/c1-16(2)12(18)8-4-3-5-9(6-8)13-11(17)10-7-19-15-14-10/h7-9H,3-6H2,1-2H3,(H,13,17). The summed E-state index contributed by atoms with van der Waals surface area (Å²) in [6.45, 7) is 0. The molecule has 0 aliphatic heterocycles. The lowest BCUT2D eigenvalue weighted by molar-refractivity contribution is -0.134. The number of aromatic nitrogens is 2. The lowest BCUT2D eigenvalue weighted by Crippen LogP contribution is -2.42. The van der Waals surface area contributed by atoms with Crippen molar-refractivity contribution in [3.8, 4) is 0 Å². The Bertz CT molecular complexity index is 447. The smallest absolute Gasteiger partial charge is 0.272 e. The van der Waals surface area contributed by atoms with Crippen LogP contribution in [-0.4, -0.2) is 46.4 Å². The number of nitrogens with zero attached hydrogens (tertiary/aromatic N) is 3. The number of amides is 2. The molecule has 2 rings (SSSR count). The molecule has 0 spiro atoms. The zero-order valence-electron chi connectivity index (χ0n) is 11.1. The van der Waals surface area contributed by atoms with Crippen LogP contribution < -0.4 is 5.32 Å². The van der Waals surface area contributed by atoms with Crippen molar-refractivity contribution in [3.05, 3.63) is 11.1 Å². The van der Waals surface area contributed by atoms with Crippen molar-refractivity contribution in [2.75, 3.05) is 14.1 Å². The molecule has 0 aromatic carbocycles. The van der Waals surface area contributed by atoms with E-state index in [1.54, 1.807) is 24.4 Å². The molecular weight excluding hydrogens is 264 g/mol. The molecular formula is C12H18N4O2S. The van der Waals surface area contributed by atoms with Crippen LogP contribution >= 0.6 is 11.5 Å². The first-order valence-electron chi connectivity index (χ1n) is 6.37. The normalized spacial score (nSPS) is 22.8. The Hall–Kier alpha value is -1.50. The lowest BCUT2D eigenvalue weighted by Gasteiger charge is -2.30. The predicted octanol–water partition coefficient (Wildman–Crippen LogP) is 0.915. The first-order chi connectivity index (χ1) is 9.08. The van der Waals surface area contributed by atoms with E-state index in [4.69, 9.17) is 0 Å². The molecule has 2 atom stereocenters. The fourth-order valence-corrected chi connectivity index (χ4v) is 2.87. The lowest BCUT2D eigenvalue weighted by atomic mass is 9.85. The molecule has 1 aliphatic carbocycles. The first-order valence-corrected chi connectivity index (χ1v) is 7.20. The molecule has 7 heteroatoms. The van der Waals surface area contributed by atoms with Gasteiger partial charge in [-0.05, 0) is 30.8 Å². The summed E-state index contributed by atoms with van der Waals surface area (Å²) in [4.78, 5) is 25.5. The maximum absolute atomic E-state index is 12.0. The quantitative estimate of drug-likeness (QED) is 0.894. The third-order valence-corrected chi connectivity index (χ3v) is 3.90. The molecule has 2 amide bonds. The van der Waals surface area contributed by atoms with E-state index in [1.807, 2.05) is 0 Å². The van der Waals surface area contributed by atoms with Crippen molar-refractivity contribution in [2.24, 2.45) is 5.92 Å². The van der Waals surface area contributed by atoms with Gasteiger partial charge in [-0.2, -0.15) is 0 Å². The molecule has 1 aliphatic rings. The fraction of sp³-hybridized carbons (Fsp3) is 0.667. The van der Waals surface area contributed by atoms with E-state index >= 15 is 0 Å². The van der Waals surface area contributed by atoms with Gasteiger partial charge in [-0.25, -0.2) is 0 Å². The van der Waals surface area contributed by atoms with Crippen molar-refractivity contribution in [1.29, 1.82) is 0 Å². The minimum Gasteiger partial charge on any atom is -0.349 e. The molecule has 0 saturated heterocycles. The molecule has 1 N–H and O–H groups in total. The molecule has 0 radical (unpaired) electrons. The largest absolute Gasteiger partial charge is 0.349 e. The zero-order valence-corrected chi connectivity index (χ0v) is 11.9. The summed E-state index contributed by atoms with van der Waals surface area (Å²) in [5.74, 6) is -0.0337. The van der Waals surface area contributed by atoms with E-state index in [2.05, 4.69) is 14.9 Å². The second-order valence-corrected chi connectivity index (χ2v) is 5.67. The van der Waals surface area contributed by atoms with Crippen LogP contribution in [0.25, 0.3) is 0 Å². The van der Waals surface area contributed by atoms with Gasteiger partial charge in [-0.3, -0.25) is 9.59 Å². The van der Waals surface area contributed by atoms with Crippen LogP contribution in [0.1, 0.15) is 36.2 Å². The summed E-state index contributed by atoms with van der Waals surface area (Å²) in [6.07, 6.45) is 3.49. The maximum atomic E-state index is 12.0. The zero-order chi connectivity index (χ0) is 13.8. The Morgan fingerprint density at radius 2 is 2.21 bits per heavy atom. The Morgan fingerprint density at radius 1 is 1.42 bits per heavy atom. The third kappa shape index (κ3) is 3.50. The average molecular weight is 282 g/mol. The van der Waals surface area contributed by atoms with Crippen LogP contribution in [0.15, 0.2) is 5.38 Å². The summed E-state index contributed by atoms with van der Waals surface area (Å²) in [6, 6.07) is 0.0526. The molecule has 1 aromatic heterocycles. The SMILES string of the molecule is CN(C)C(=O)C1CCCC(NC(=O)c2csnn2)C1. The molecule has 104 valence electrons. The van der Waals surface area contributed by atoms with Crippen molar-refractivity contribution in [1.82, 2.24) is 19.8 Å². The molecule has 1 aromatic rings. The predicted molar refractivity (Wildman–Crippen MR) is 71.8 cm³/mol. The minimum atomic E-state index is -0.197. The van der Waals surface area contributed by atoms with Gasteiger partial charge in [0.25, 0.3) is 5.91 Å². The van der Waals surface area contributed by atoms with E-state index in [1.165, 1.54) is 0 Å². The van der Waals surface area contributed by atoms with E-state index in [0.29, 0.717) is 12.1 Å². The van der Waals surface area contributed by atoms with Gasteiger partial charge >= 0.3 is 0 Å². The van der Waals surface area contributed by atoms with Gasteiger partial charge in [0.15, 0.2) is 5.69 Å². The van der Waals surface area contributed by atoms with E-state index in [-0.39, 0.29) is 23.8 Å². The highest BCUT2D eigenvalue weighted by molar-refractivity contribution is 7.03. The van der Waals surface area contributed by atoms with Crippen molar-refractivity contribution >= 4 is 23.3 Å². The number of carbonyl (C=O) groups is 2. The average Bonchev–Trinajstić information content (AvgIpc) is 2.92. The number of hydrogen-bond donors (Lipinski definition) is 1. The van der Waals surface area contributed by atoms with Crippen molar-refractivity contribution in [3.63, 3.8) is 0 Å². The highest BCUT2D eigenvalue weighted by Gasteiger charge is 2.29. The van der Waals surface area contributed by atoms with Crippen LogP contribution in [0.5, 0.6) is 0 Å². The van der Waals surface area contributed by atoms with Gasteiger partial charge in [-0.1, -0.05) is 10.9 Å². The third-order valence-electron chi connectivity index (χ3n) is 3.39. The molecule has 19 heavy (non-hydrogen) atoms. The van der Waals surface area contributed by atoms with Gasteiger partial charge in [-0.15, -0.1) is 5.10 Å². The fourth-order valence-electron chi connectivity index (χ4n) is 2.43. The molecule has 1 saturated carbocycles. The van der Waals surface area contributed by atoms with Gasteiger partial charge in [0.05, 0.1) is 0 Å². The van der Waals surface area contributed by atoms with Crippen LogP contribution in [0.3, 0.4) is 0 Å². The molecule has 0 bridgehead atoms. The van der Waals surface area contributed by atoms with Gasteiger partial charge in [0.2, 0.25) is 5.91 Å². The summed E-state index contributed by atoms with van der Waals surface area (Å²) >= 11 is 1.16. The number of hydrogen-bond acceptors (Lipinski definition) is 5. The van der Waals surface area contributed by atoms with E-state index < -0.39 is 0 Å². The second kappa shape index (κ2) is 6.10. The molecule has 6 nitrogen and oxygen atoms in total. The molecule has 2 unspecified atom stereocenters. The Morgan fingerprint density at radius 3 is 2.84 bits per heavy atom. The minimum absolute atomic E-state index is 0.0163. The summed E-state index contributed by atoms with van der Waals surface area (Å²) in [7, 11) is 3.54. The number of nitrogens with one attached hydrogen (secondary N) is 1. The Labute approximate surface area is 116 Å². The van der Waals surface area contributed by atoms with Crippen molar-refractivity contribution in [2.45, 2.75) is 31.7 Å². The van der Waals surface area contributed by atoms with Crippen LogP contribution in [0.2, 0.25) is 0 Å². The van der Waals surface area contributed by atoms with Gasteiger partial charge in [0, 0.05) is 31.4 Å². The van der Waals surface area contributed by atoms with Crippen LogP contribution in [0.4, 0.5) is 0 Å². The summed E-state index contributed by atoms with van der Waals surface area (Å²) < 4.78 is 3.67. The number of carbonyl (C=O) groups excluding carboxylic acids is 2. The van der Waals surface area contributed by atoms with Crippen LogP contribution in [-0.2, 0) is 4.79 Å². The monoisotopic (exact) mass is 282 g/mol. The van der Waals surface area contributed by atoms with Crippen molar-refractivity contribution < 1.29 is 9.59 Å². The number of rotatable bonds is 3. The topological polar surface area (TPSA) is 75.2 Å². The highest BCUT2D eigenvalue weighted by Crippen LogP contribution is 2.25. The maximum Gasteiger partial charge on any atom is 0.272 e. The van der Waals surface area contributed by atoms with Gasteiger partial charge in [0.1, 0.15) is 0 Å². The molecule has 1 heterocycles. The highest BCUT2D eigenvalue weighted by atomic mass is 32.1. The second-order valence-electron chi connectivity index (χ2n) is 5.06. The van der Waals surface area contributed by atoms with Gasteiger partial charge < -0.3 is 10.2 Å². The molecule has 1 fully saturated rings. The summed E-state index contributed by atoms with van der Waals surface area (Å²) in [5, 5.41) is 8.31. The van der Waals surface area contributed by atoms with E-state index in [0.717, 1.165) is 30.8 Å².